The van der Waals surface area contributed by atoms with Crippen LogP contribution in [0, 0.1) is 0 Å². The Bertz CT molecular complexity index is 957. The standard InChI is InChI=1S/C23H26N2O3S/c1-6-27-19-13-9-16(10-14-19)20(26)15(2)29-22-25-24-21(28-22)17-7-11-18(12-8-17)23(3,4)5/h7-15H,6H2,1-5H3/t15-/m1/s1. The van der Waals surface area contributed by atoms with Gasteiger partial charge in [-0.15, -0.1) is 10.2 Å². The molecule has 2 aromatic carbocycles. The zero-order valence-corrected chi connectivity index (χ0v) is 18.2. The fourth-order valence-electron chi connectivity index (χ4n) is 2.81. The van der Waals surface area contributed by atoms with Crippen LogP contribution in [0.25, 0.3) is 11.5 Å². The number of thioether (sulfide) groups is 1. The second-order valence-electron chi connectivity index (χ2n) is 7.78. The second kappa shape index (κ2) is 8.82. The molecule has 0 saturated carbocycles. The first kappa shape index (κ1) is 21.1. The highest BCUT2D eigenvalue weighted by Crippen LogP contribution is 2.29. The predicted octanol–water partition coefficient (Wildman–Crippen LogP) is 5.80. The molecule has 0 aliphatic carbocycles. The van der Waals surface area contributed by atoms with Crippen LogP contribution < -0.4 is 4.74 Å². The van der Waals surface area contributed by atoms with Crippen molar-refractivity contribution in [3.8, 4) is 17.2 Å². The molecule has 0 aliphatic rings. The van der Waals surface area contributed by atoms with Gasteiger partial charge in [0.05, 0.1) is 11.9 Å². The molecule has 1 aromatic heterocycles. The normalized spacial score (nSPS) is 12.6. The van der Waals surface area contributed by atoms with Crippen LogP contribution in [-0.4, -0.2) is 27.8 Å². The smallest absolute Gasteiger partial charge is 0.277 e. The Labute approximate surface area is 175 Å². The van der Waals surface area contributed by atoms with Gasteiger partial charge < -0.3 is 9.15 Å². The van der Waals surface area contributed by atoms with Gasteiger partial charge in [0.1, 0.15) is 5.75 Å². The fourth-order valence-corrected chi connectivity index (χ4v) is 3.57. The van der Waals surface area contributed by atoms with E-state index >= 15 is 0 Å². The van der Waals surface area contributed by atoms with E-state index in [0.717, 1.165) is 11.3 Å². The van der Waals surface area contributed by atoms with E-state index in [0.29, 0.717) is 23.3 Å². The van der Waals surface area contributed by atoms with E-state index in [1.54, 1.807) is 24.3 Å². The highest BCUT2D eigenvalue weighted by molar-refractivity contribution is 8.00. The van der Waals surface area contributed by atoms with E-state index in [9.17, 15) is 4.79 Å². The first-order valence-corrected chi connectivity index (χ1v) is 10.5. The van der Waals surface area contributed by atoms with E-state index in [4.69, 9.17) is 9.15 Å². The third-order valence-electron chi connectivity index (χ3n) is 4.50. The molecule has 0 N–H and O–H groups in total. The van der Waals surface area contributed by atoms with Crippen molar-refractivity contribution in [2.45, 2.75) is 50.5 Å². The summed E-state index contributed by atoms with van der Waals surface area (Å²) in [5.41, 5.74) is 2.82. The van der Waals surface area contributed by atoms with E-state index in [1.807, 2.05) is 26.0 Å². The minimum Gasteiger partial charge on any atom is -0.494 e. The summed E-state index contributed by atoms with van der Waals surface area (Å²) >= 11 is 1.26. The van der Waals surface area contributed by atoms with Crippen molar-refractivity contribution in [2.24, 2.45) is 0 Å². The summed E-state index contributed by atoms with van der Waals surface area (Å²) in [6.07, 6.45) is 0. The highest BCUT2D eigenvalue weighted by Gasteiger charge is 2.20. The maximum absolute atomic E-state index is 12.7. The average Bonchev–Trinajstić information content (AvgIpc) is 3.16. The Hall–Kier alpha value is -2.60. The quantitative estimate of drug-likeness (QED) is 0.362. The number of Topliss-reactive ketones (excluding diaryl/α,β-unsaturated/α-hetero) is 1. The number of nitrogens with zero attached hydrogens (tertiary/aromatic N) is 2. The van der Waals surface area contributed by atoms with Crippen molar-refractivity contribution in [1.29, 1.82) is 0 Å². The fraction of sp³-hybridized carbons (Fsp3) is 0.348. The lowest BCUT2D eigenvalue weighted by atomic mass is 9.87. The number of ether oxygens (including phenoxy) is 1. The zero-order valence-electron chi connectivity index (χ0n) is 17.4. The van der Waals surface area contributed by atoms with Crippen molar-refractivity contribution < 1.29 is 13.9 Å². The molecule has 3 rings (SSSR count). The summed E-state index contributed by atoms with van der Waals surface area (Å²) in [7, 11) is 0. The maximum atomic E-state index is 12.7. The number of carbonyl (C=O) groups excluding carboxylic acids is 1. The van der Waals surface area contributed by atoms with Gasteiger partial charge in [0.15, 0.2) is 5.78 Å². The van der Waals surface area contributed by atoms with E-state index in [1.165, 1.54) is 17.3 Å². The van der Waals surface area contributed by atoms with Gasteiger partial charge in [-0.2, -0.15) is 0 Å². The van der Waals surface area contributed by atoms with Crippen molar-refractivity contribution in [3.63, 3.8) is 0 Å². The number of hydrogen-bond donors (Lipinski definition) is 0. The van der Waals surface area contributed by atoms with E-state index in [-0.39, 0.29) is 16.4 Å². The molecule has 3 aromatic rings. The summed E-state index contributed by atoms with van der Waals surface area (Å²) in [5, 5.41) is 8.26. The maximum Gasteiger partial charge on any atom is 0.277 e. The molecular weight excluding hydrogens is 384 g/mol. The van der Waals surface area contributed by atoms with Crippen LogP contribution in [0.15, 0.2) is 58.2 Å². The van der Waals surface area contributed by atoms with E-state index < -0.39 is 0 Å². The van der Waals surface area contributed by atoms with Gasteiger partial charge in [-0.3, -0.25) is 4.79 Å². The number of benzene rings is 2. The molecule has 0 bridgehead atoms. The molecule has 0 spiro atoms. The first-order chi connectivity index (χ1) is 13.8. The Morgan fingerprint density at radius 3 is 2.31 bits per heavy atom. The summed E-state index contributed by atoms with van der Waals surface area (Å²) < 4.78 is 11.2. The van der Waals surface area contributed by atoms with Crippen molar-refractivity contribution in [3.05, 3.63) is 59.7 Å². The number of carbonyl (C=O) groups is 1. The van der Waals surface area contributed by atoms with Gasteiger partial charge in [0, 0.05) is 11.1 Å². The second-order valence-corrected chi connectivity index (χ2v) is 9.07. The molecule has 0 amide bonds. The topological polar surface area (TPSA) is 65.2 Å². The zero-order chi connectivity index (χ0) is 21.0. The Kier molecular flexibility index (Phi) is 6.42. The van der Waals surface area contributed by atoms with Crippen LogP contribution in [0.2, 0.25) is 0 Å². The average molecular weight is 411 g/mol. The Morgan fingerprint density at radius 1 is 1.07 bits per heavy atom. The van der Waals surface area contributed by atoms with Gasteiger partial charge in [-0.05, 0) is 61.2 Å². The third kappa shape index (κ3) is 5.26. The van der Waals surface area contributed by atoms with Gasteiger partial charge in [-0.1, -0.05) is 44.7 Å². The summed E-state index contributed by atoms with van der Waals surface area (Å²) in [6, 6.07) is 15.3. The summed E-state index contributed by atoms with van der Waals surface area (Å²) in [4.78, 5) is 12.7. The lowest BCUT2D eigenvalue weighted by Crippen LogP contribution is -2.13. The monoisotopic (exact) mass is 410 g/mol. The van der Waals surface area contributed by atoms with Gasteiger partial charge >= 0.3 is 0 Å². The molecule has 0 aliphatic heterocycles. The predicted molar refractivity (Wildman–Crippen MR) is 116 cm³/mol. The number of rotatable bonds is 7. The largest absolute Gasteiger partial charge is 0.494 e. The van der Waals surface area contributed by atoms with Crippen LogP contribution >= 0.6 is 11.8 Å². The molecule has 6 heteroatoms. The molecule has 0 unspecified atom stereocenters. The minimum absolute atomic E-state index is 0.00679. The SMILES string of the molecule is CCOc1ccc(C(=O)[C@@H](C)Sc2nnc(-c3ccc(C(C)(C)C)cc3)o2)cc1. The lowest BCUT2D eigenvalue weighted by molar-refractivity contribution is 0.0993. The molecule has 5 nitrogen and oxygen atoms in total. The molecule has 29 heavy (non-hydrogen) atoms. The van der Waals surface area contributed by atoms with Crippen LogP contribution in [0.4, 0.5) is 0 Å². The molecule has 1 atom stereocenters. The number of aromatic nitrogens is 2. The first-order valence-electron chi connectivity index (χ1n) is 9.66. The Balaban J connectivity index is 1.66. The van der Waals surface area contributed by atoms with Gasteiger partial charge in [0.25, 0.3) is 5.22 Å². The van der Waals surface area contributed by atoms with Crippen LogP contribution in [0.3, 0.4) is 0 Å². The van der Waals surface area contributed by atoms with Crippen LogP contribution in [0.1, 0.15) is 50.5 Å². The van der Waals surface area contributed by atoms with Crippen molar-refractivity contribution in [2.75, 3.05) is 6.61 Å². The molecule has 0 fully saturated rings. The van der Waals surface area contributed by atoms with Crippen LogP contribution in [-0.2, 0) is 5.41 Å². The van der Waals surface area contributed by atoms with Gasteiger partial charge in [-0.25, -0.2) is 0 Å². The molecule has 0 radical (unpaired) electrons. The summed E-state index contributed by atoms with van der Waals surface area (Å²) in [5.74, 6) is 1.21. The van der Waals surface area contributed by atoms with Crippen molar-refractivity contribution in [1.82, 2.24) is 10.2 Å². The highest BCUT2D eigenvalue weighted by atomic mass is 32.2. The van der Waals surface area contributed by atoms with Gasteiger partial charge in [0.2, 0.25) is 5.89 Å². The molecule has 0 saturated heterocycles. The molecule has 152 valence electrons. The Morgan fingerprint density at radius 2 is 1.72 bits per heavy atom. The molecule has 1 heterocycles. The minimum atomic E-state index is -0.343. The number of hydrogen-bond acceptors (Lipinski definition) is 6. The lowest BCUT2D eigenvalue weighted by Gasteiger charge is -2.18. The van der Waals surface area contributed by atoms with E-state index in [2.05, 4.69) is 43.1 Å². The van der Waals surface area contributed by atoms with Crippen LogP contribution in [0.5, 0.6) is 5.75 Å². The number of ketones is 1. The summed E-state index contributed by atoms with van der Waals surface area (Å²) in [6.45, 7) is 10.9. The molecular formula is C23H26N2O3S. The third-order valence-corrected chi connectivity index (χ3v) is 5.44. The van der Waals surface area contributed by atoms with Crippen molar-refractivity contribution >= 4 is 17.5 Å².